The fourth-order valence-electron chi connectivity index (χ4n) is 7.68. The topological polar surface area (TPSA) is 31.0 Å². The molecule has 4 aromatic rings. The van der Waals surface area contributed by atoms with Crippen molar-refractivity contribution in [1.82, 2.24) is 10.2 Å². The van der Waals surface area contributed by atoms with Gasteiger partial charge in [0.2, 0.25) is 0 Å². The Morgan fingerprint density at radius 1 is 0.824 bits per heavy atom. The van der Waals surface area contributed by atoms with Crippen LogP contribution in [-0.4, -0.2) is 57.9 Å². The number of hydrogen-bond acceptors (Lipinski definition) is 5. The number of fused-ring (bicyclic) bond motifs is 4. The van der Waals surface area contributed by atoms with E-state index >= 15 is 4.39 Å². The van der Waals surface area contributed by atoms with Gasteiger partial charge in [0.25, 0.3) is 0 Å². The molecule has 0 radical (unpaired) electrons. The molecule has 51 heavy (non-hydrogen) atoms. The summed E-state index contributed by atoms with van der Waals surface area (Å²) < 4.78 is 21.5. The maximum atomic E-state index is 16.4. The summed E-state index contributed by atoms with van der Waals surface area (Å²) in [6.45, 7) is 30.5. The van der Waals surface area contributed by atoms with Gasteiger partial charge in [0.05, 0.1) is 11.4 Å². The van der Waals surface area contributed by atoms with Crippen molar-refractivity contribution in [3.8, 4) is 0 Å². The zero-order chi connectivity index (χ0) is 36.2. The Labute approximate surface area is 304 Å². The van der Waals surface area contributed by atoms with Gasteiger partial charge in [0.15, 0.2) is 0 Å². The summed E-state index contributed by atoms with van der Waals surface area (Å²) in [7, 11) is 2.13. The van der Waals surface area contributed by atoms with Gasteiger partial charge in [-0.2, -0.15) is 0 Å². The molecule has 3 aliphatic heterocycles. The SMILES string of the molecule is C=C(NCCCCC)C1=CN2c3cc4c(=C)c5ccccc5c(=C)c4cc3Cc3c(N4CCN(C)CC4)c(F)cc(c32)C1=C.CCCOCCC. The van der Waals surface area contributed by atoms with Crippen LogP contribution in [0.3, 0.4) is 0 Å². The molecule has 0 aliphatic carbocycles. The first kappa shape index (κ1) is 36.4. The van der Waals surface area contributed by atoms with E-state index < -0.39 is 0 Å². The first-order valence-corrected chi connectivity index (χ1v) is 18.9. The number of halogens is 1. The highest BCUT2D eigenvalue weighted by molar-refractivity contribution is 6.04. The number of nitrogens with one attached hydrogen (secondary N) is 1. The fourth-order valence-corrected chi connectivity index (χ4v) is 7.68. The van der Waals surface area contributed by atoms with Crippen molar-refractivity contribution >= 4 is 57.3 Å². The molecule has 0 atom stereocenters. The lowest BCUT2D eigenvalue weighted by Gasteiger charge is -2.42. The van der Waals surface area contributed by atoms with Crippen molar-refractivity contribution < 1.29 is 9.13 Å². The second kappa shape index (κ2) is 15.9. The van der Waals surface area contributed by atoms with Gasteiger partial charge in [0, 0.05) is 86.6 Å². The highest BCUT2D eigenvalue weighted by Gasteiger charge is 2.36. The number of ether oxygens (including phenoxy) is 1. The molecule has 0 saturated carbocycles. The molecule has 0 unspecified atom stereocenters. The van der Waals surface area contributed by atoms with Gasteiger partial charge < -0.3 is 24.8 Å². The van der Waals surface area contributed by atoms with Gasteiger partial charge in [-0.3, -0.25) is 0 Å². The number of hydrogen-bond donors (Lipinski definition) is 1. The molecule has 0 aromatic heterocycles. The Morgan fingerprint density at radius 2 is 1.47 bits per heavy atom. The van der Waals surface area contributed by atoms with Crippen LogP contribution in [0.25, 0.3) is 40.3 Å². The maximum absolute atomic E-state index is 16.4. The minimum atomic E-state index is -0.180. The summed E-state index contributed by atoms with van der Waals surface area (Å²) in [6.07, 6.45) is 8.47. The molecule has 0 bridgehead atoms. The van der Waals surface area contributed by atoms with E-state index in [-0.39, 0.29) is 5.82 Å². The summed E-state index contributed by atoms with van der Waals surface area (Å²) in [6, 6.07) is 14.6. The van der Waals surface area contributed by atoms with Crippen LogP contribution in [-0.2, 0) is 11.2 Å². The largest absolute Gasteiger partial charge is 0.385 e. The molecule has 1 saturated heterocycles. The summed E-state index contributed by atoms with van der Waals surface area (Å²) in [5, 5.41) is 9.96. The van der Waals surface area contributed by atoms with Crippen LogP contribution in [0, 0.1) is 5.82 Å². The van der Waals surface area contributed by atoms with E-state index in [1.54, 1.807) is 6.07 Å². The van der Waals surface area contributed by atoms with Gasteiger partial charge in [-0.25, -0.2) is 4.39 Å². The quantitative estimate of drug-likeness (QED) is 0.126. The summed E-state index contributed by atoms with van der Waals surface area (Å²) >= 11 is 0. The molecular formula is C45H55FN4O. The molecule has 7 rings (SSSR count). The predicted molar refractivity (Wildman–Crippen MR) is 218 cm³/mol. The van der Waals surface area contributed by atoms with Crippen molar-refractivity contribution in [2.45, 2.75) is 59.3 Å². The zero-order valence-corrected chi connectivity index (χ0v) is 31.3. The van der Waals surface area contributed by atoms with Crippen LogP contribution >= 0.6 is 0 Å². The average molecular weight is 687 g/mol. The number of nitrogens with zero attached hydrogens (tertiary/aromatic N) is 3. The van der Waals surface area contributed by atoms with Gasteiger partial charge in [-0.15, -0.1) is 0 Å². The molecule has 1 fully saturated rings. The molecule has 5 nitrogen and oxygen atoms in total. The van der Waals surface area contributed by atoms with E-state index in [9.17, 15) is 0 Å². The lowest BCUT2D eigenvalue weighted by atomic mass is 9.83. The molecule has 268 valence electrons. The Bertz CT molecular complexity index is 2090. The third kappa shape index (κ3) is 7.09. The molecule has 0 amide bonds. The van der Waals surface area contributed by atoms with Crippen LogP contribution in [0.5, 0.6) is 0 Å². The Morgan fingerprint density at radius 3 is 2.10 bits per heavy atom. The van der Waals surface area contributed by atoms with Gasteiger partial charge >= 0.3 is 0 Å². The van der Waals surface area contributed by atoms with E-state index in [1.807, 2.05) is 0 Å². The lowest BCUT2D eigenvalue weighted by Crippen LogP contribution is -2.45. The summed E-state index contributed by atoms with van der Waals surface area (Å²) in [4.78, 5) is 6.81. The Kier molecular flexibility index (Phi) is 11.3. The number of piperazine rings is 1. The van der Waals surface area contributed by atoms with Crippen molar-refractivity contribution in [2.24, 2.45) is 0 Å². The van der Waals surface area contributed by atoms with Gasteiger partial charge in [-0.1, -0.05) is 84.2 Å². The van der Waals surface area contributed by atoms with Crippen molar-refractivity contribution in [3.05, 3.63) is 106 Å². The minimum Gasteiger partial charge on any atom is -0.385 e. The van der Waals surface area contributed by atoms with Crippen LogP contribution < -0.4 is 25.6 Å². The summed E-state index contributed by atoms with van der Waals surface area (Å²) in [5.41, 5.74) is 8.39. The van der Waals surface area contributed by atoms with E-state index in [0.717, 1.165) is 161 Å². The third-order valence-electron chi connectivity index (χ3n) is 10.5. The van der Waals surface area contributed by atoms with Crippen LogP contribution in [0.1, 0.15) is 69.6 Å². The summed E-state index contributed by atoms with van der Waals surface area (Å²) in [5.74, 6) is -0.180. The first-order chi connectivity index (χ1) is 24.7. The lowest BCUT2D eigenvalue weighted by molar-refractivity contribution is 0.135. The standard InChI is InChI=1S/C39H41FN4.C6H14O/c1-7-8-11-14-41-27(5)35-23-44-37-22-32-25(3)30-13-10-9-12-29(30)24(2)31(32)19-28(37)20-34-38(44)33(26(35)4)21-36(40)39(34)43-17-15-42(6)16-18-43;1-3-5-7-6-4-2/h9-10,12-13,19,21-23,41H,2-5,7-8,11,14-18,20H2,1,6H3;3-6H2,1-2H3. The van der Waals surface area contributed by atoms with Crippen molar-refractivity contribution in [3.63, 3.8) is 0 Å². The highest BCUT2D eigenvalue weighted by Crippen LogP contribution is 2.52. The van der Waals surface area contributed by atoms with E-state index in [2.05, 4.69) is 117 Å². The monoisotopic (exact) mass is 686 g/mol. The van der Waals surface area contributed by atoms with Crippen LogP contribution in [0.4, 0.5) is 21.5 Å². The second-order valence-electron chi connectivity index (χ2n) is 14.2. The van der Waals surface area contributed by atoms with E-state index in [1.165, 1.54) is 0 Å². The second-order valence-corrected chi connectivity index (χ2v) is 14.2. The Balaban J connectivity index is 0.000000582. The number of likely N-dealkylation sites (N-methyl/N-ethyl adjacent to an activating group) is 1. The highest BCUT2D eigenvalue weighted by atomic mass is 19.1. The number of allylic oxidation sites excluding steroid dienone is 1. The van der Waals surface area contributed by atoms with Crippen LogP contribution in [0.15, 0.2) is 73.1 Å². The van der Waals surface area contributed by atoms with E-state index in [4.69, 9.17) is 4.74 Å². The zero-order valence-electron chi connectivity index (χ0n) is 31.3. The van der Waals surface area contributed by atoms with Gasteiger partial charge in [-0.05, 0) is 87.6 Å². The first-order valence-electron chi connectivity index (χ1n) is 18.9. The number of benzene rings is 4. The number of rotatable bonds is 11. The maximum Gasteiger partial charge on any atom is 0.147 e. The number of unbranched alkanes of at least 4 members (excludes halogenated alkanes) is 2. The van der Waals surface area contributed by atoms with Gasteiger partial charge in [0.1, 0.15) is 5.82 Å². The third-order valence-corrected chi connectivity index (χ3v) is 10.5. The van der Waals surface area contributed by atoms with Crippen molar-refractivity contribution in [1.29, 1.82) is 0 Å². The van der Waals surface area contributed by atoms with E-state index in [0.29, 0.717) is 6.42 Å². The normalized spacial score (nSPS) is 15.3. The smallest absolute Gasteiger partial charge is 0.147 e. The molecule has 3 aliphatic rings. The van der Waals surface area contributed by atoms with Crippen molar-refractivity contribution in [2.75, 3.05) is 62.8 Å². The molecule has 4 aromatic carbocycles. The molecule has 1 N–H and O–H groups in total. The fraction of sp³-hybridized carbons (Fsp3) is 0.378. The molecule has 6 heteroatoms. The minimum absolute atomic E-state index is 0.180. The van der Waals surface area contributed by atoms with Crippen LogP contribution in [0.2, 0.25) is 0 Å². The number of anilines is 3. The average Bonchev–Trinajstić information content (AvgIpc) is 3.14. The molecular weight excluding hydrogens is 632 g/mol. The molecule has 3 heterocycles. The Hall–Kier alpha value is -4.39. The molecule has 0 spiro atoms. The predicted octanol–water partition coefficient (Wildman–Crippen LogP) is 8.77.